The highest BCUT2D eigenvalue weighted by molar-refractivity contribution is 5.93. The molecule has 0 amide bonds. The third-order valence-electron chi connectivity index (χ3n) is 2.74. The van der Waals surface area contributed by atoms with Crippen LogP contribution in [0.25, 0.3) is 0 Å². The SMILES string of the molecule is CCOC(=O)[C@@H](CCCc1ccc(F)cc1)C(=O)O. The van der Waals surface area contributed by atoms with Crippen molar-refractivity contribution in [1.82, 2.24) is 0 Å². The van der Waals surface area contributed by atoms with Crippen molar-refractivity contribution in [1.29, 1.82) is 0 Å². The van der Waals surface area contributed by atoms with Crippen LogP contribution in [0.15, 0.2) is 24.3 Å². The number of hydrogen-bond donors (Lipinski definition) is 1. The van der Waals surface area contributed by atoms with E-state index in [1.54, 1.807) is 19.1 Å². The first-order chi connectivity index (χ1) is 9.04. The lowest BCUT2D eigenvalue weighted by atomic mass is 9.99. The molecule has 0 radical (unpaired) electrons. The Balaban J connectivity index is 2.46. The van der Waals surface area contributed by atoms with E-state index in [9.17, 15) is 14.0 Å². The molecule has 19 heavy (non-hydrogen) atoms. The molecule has 1 aromatic carbocycles. The molecule has 1 aromatic rings. The van der Waals surface area contributed by atoms with Crippen LogP contribution in [-0.2, 0) is 20.7 Å². The van der Waals surface area contributed by atoms with Crippen LogP contribution in [-0.4, -0.2) is 23.7 Å². The van der Waals surface area contributed by atoms with Crippen LogP contribution in [0.4, 0.5) is 4.39 Å². The van der Waals surface area contributed by atoms with Crippen molar-refractivity contribution in [2.45, 2.75) is 26.2 Å². The summed E-state index contributed by atoms with van der Waals surface area (Å²) < 4.78 is 17.4. The van der Waals surface area contributed by atoms with E-state index in [0.717, 1.165) is 5.56 Å². The standard InChI is InChI=1S/C14H17FO4/c1-2-19-14(18)12(13(16)17)5-3-4-10-6-8-11(15)9-7-10/h6-9,12H,2-5H2,1H3,(H,16,17)/t12-/m0/s1. The van der Waals surface area contributed by atoms with E-state index in [0.29, 0.717) is 12.8 Å². The van der Waals surface area contributed by atoms with Crippen LogP contribution in [0.3, 0.4) is 0 Å². The molecule has 5 heteroatoms. The average Bonchev–Trinajstić information content (AvgIpc) is 2.36. The van der Waals surface area contributed by atoms with Crippen LogP contribution in [0, 0.1) is 11.7 Å². The molecule has 1 rings (SSSR count). The van der Waals surface area contributed by atoms with E-state index in [-0.39, 0.29) is 18.8 Å². The zero-order valence-electron chi connectivity index (χ0n) is 10.8. The predicted octanol–water partition coefficient (Wildman–Crippen LogP) is 2.41. The number of aliphatic carboxylic acids is 1. The monoisotopic (exact) mass is 268 g/mol. The van der Waals surface area contributed by atoms with Gasteiger partial charge in [0.1, 0.15) is 5.82 Å². The van der Waals surface area contributed by atoms with Gasteiger partial charge in [-0.25, -0.2) is 4.39 Å². The van der Waals surface area contributed by atoms with Gasteiger partial charge in [0.25, 0.3) is 0 Å². The first-order valence-corrected chi connectivity index (χ1v) is 6.18. The van der Waals surface area contributed by atoms with E-state index < -0.39 is 17.9 Å². The molecular formula is C14H17FO4. The fraction of sp³-hybridized carbons (Fsp3) is 0.429. The van der Waals surface area contributed by atoms with Gasteiger partial charge >= 0.3 is 11.9 Å². The van der Waals surface area contributed by atoms with Gasteiger partial charge in [0.15, 0.2) is 5.92 Å². The molecule has 0 saturated carbocycles. The quantitative estimate of drug-likeness (QED) is 0.609. The van der Waals surface area contributed by atoms with Gasteiger partial charge in [0, 0.05) is 0 Å². The van der Waals surface area contributed by atoms with E-state index in [2.05, 4.69) is 0 Å². The molecule has 0 aliphatic rings. The maximum atomic E-state index is 12.7. The Labute approximate surface area is 111 Å². The van der Waals surface area contributed by atoms with Crippen molar-refractivity contribution in [2.75, 3.05) is 6.61 Å². The maximum absolute atomic E-state index is 12.7. The molecule has 0 spiro atoms. The minimum absolute atomic E-state index is 0.167. The van der Waals surface area contributed by atoms with Gasteiger partial charge in [0.05, 0.1) is 6.61 Å². The summed E-state index contributed by atoms with van der Waals surface area (Å²) in [6.07, 6.45) is 1.34. The molecule has 1 N–H and O–H groups in total. The Kier molecular flexibility index (Phi) is 5.99. The van der Waals surface area contributed by atoms with Crippen molar-refractivity contribution >= 4 is 11.9 Å². The molecule has 0 aliphatic heterocycles. The fourth-order valence-corrected chi connectivity index (χ4v) is 1.75. The molecule has 0 unspecified atom stereocenters. The zero-order valence-corrected chi connectivity index (χ0v) is 10.8. The second-order valence-electron chi connectivity index (χ2n) is 4.16. The predicted molar refractivity (Wildman–Crippen MR) is 67.1 cm³/mol. The summed E-state index contributed by atoms with van der Waals surface area (Å²) in [6.45, 7) is 1.80. The number of carboxylic acid groups (broad SMARTS) is 1. The van der Waals surface area contributed by atoms with E-state index in [1.807, 2.05) is 0 Å². The number of carbonyl (C=O) groups excluding carboxylic acids is 1. The lowest BCUT2D eigenvalue weighted by Gasteiger charge is -2.10. The largest absolute Gasteiger partial charge is 0.481 e. The van der Waals surface area contributed by atoms with Crippen LogP contribution >= 0.6 is 0 Å². The molecule has 0 fully saturated rings. The first kappa shape index (κ1) is 15.1. The number of carbonyl (C=O) groups is 2. The summed E-state index contributed by atoms with van der Waals surface area (Å²) in [5.41, 5.74) is 0.911. The van der Waals surface area contributed by atoms with E-state index in [1.165, 1.54) is 12.1 Å². The molecule has 1 atom stereocenters. The second-order valence-corrected chi connectivity index (χ2v) is 4.16. The van der Waals surface area contributed by atoms with Gasteiger partial charge in [-0.05, 0) is 43.9 Å². The summed E-state index contributed by atoms with van der Waals surface area (Å²) in [4.78, 5) is 22.4. The van der Waals surface area contributed by atoms with Crippen LogP contribution < -0.4 is 0 Å². The molecule has 0 aliphatic carbocycles. The van der Waals surface area contributed by atoms with Crippen molar-refractivity contribution in [2.24, 2.45) is 5.92 Å². The Morgan fingerprint density at radius 2 is 1.95 bits per heavy atom. The summed E-state index contributed by atoms with van der Waals surface area (Å²) in [6, 6.07) is 6.01. The smallest absolute Gasteiger partial charge is 0.320 e. The van der Waals surface area contributed by atoms with Gasteiger partial charge in [-0.1, -0.05) is 12.1 Å². The maximum Gasteiger partial charge on any atom is 0.320 e. The average molecular weight is 268 g/mol. The number of carboxylic acids is 1. The van der Waals surface area contributed by atoms with Gasteiger partial charge in [-0.15, -0.1) is 0 Å². The number of rotatable bonds is 7. The number of aryl methyl sites for hydroxylation is 1. The van der Waals surface area contributed by atoms with Crippen molar-refractivity contribution in [3.05, 3.63) is 35.6 Å². The summed E-state index contributed by atoms with van der Waals surface area (Å²) >= 11 is 0. The number of halogens is 1. The minimum atomic E-state index is -1.17. The van der Waals surface area contributed by atoms with Gasteiger partial charge in [-0.3, -0.25) is 9.59 Å². The van der Waals surface area contributed by atoms with Crippen LogP contribution in [0.5, 0.6) is 0 Å². The Hall–Kier alpha value is -1.91. The number of ether oxygens (including phenoxy) is 1. The zero-order chi connectivity index (χ0) is 14.3. The summed E-state index contributed by atoms with van der Waals surface area (Å²) in [7, 11) is 0. The lowest BCUT2D eigenvalue weighted by Crippen LogP contribution is -2.26. The first-order valence-electron chi connectivity index (χ1n) is 6.18. The molecule has 4 nitrogen and oxygen atoms in total. The molecular weight excluding hydrogens is 251 g/mol. The highest BCUT2D eigenvalue weighted by Crippen LogP contribution is 2.13. The van der Waals surface area contributed by atoms with Gasteiger partial charge in [0.2, 0.25) is 0 Å². The highest BCUT2D eigenvalue weighted by Gasteiger charge is 2.26. The Bertz CT molecular complexity index is 428. The molecule has 0 bridgehead atoms. The lowest BCUT2D eigenvalue weighted by molar-refractivity contribution is -0.158. The number of esters is 1. The van der Waals surface area contributed by atoms with E-state index in [4.69, 9.17) is 9.84 Å². The second kappa shape index (κ2) is 7.51. The molecule has 0 aromatic heterocycles. The third kappa shape index (κ3) is 5.07. The minimum Gasteiger partial charge on any atom is -0.481 e. The summed E-state index contributed by atoms with van der Waals surface area (Å²) in [5, 5.41) is 8.95. The normalized spacial score (nSPS) is 11.9. The number of benzene rings is 1. The molecule has 0 heterocycles. The summed E-state index contributed by atoms with van der Waals surface area (Å²) in [5.74, 6) is -3.30. The highest BCUT2D eigenvalue weighted by atomic mass is 19.1. The van der Waals surface area contributed by atoms with E-state index >= 15 is 0 Å². The fourth-order valence-electron chi connectivity index (χ4n) is 1.75. The Morgan fingerprint density at radius 1 is 1.32 bits per heavy atom. The molecule has 104 valence electrons. The third-order valence-corrected chi connectivity index (χ3v) is 2.74. The van der Waals surface area contributed by atoms with Crippen molar-refractivity contribution in [3.63, 3.8) is 0 Å². The van der Waals surface area contributed by atoms with Crippen LogP contribution in [0.1, 0.15) is 25.3 Å². The van der Waals surface area contributed by atoms with Crippen molar-refractivity contribution < 1.29 is 23.8 Å². The molecule has 0 saturated heterocycles. The van der Waals surface area contributed by atoms with Gasteiger partial charge < -0.3 is 9.84 Å². The Morgan fingerprint density at radius 3 is 2.47 bits per heavy atom. The van der Waals surface area contributed by atoms with Crippen LogP contribution in [0.2, 0.25) is 0 Å². The topological polar surface area (TPSA) is 63.6 Å². The number of hydrogen-bond acceptors (Lipinski definition) is 3. The van der Waals surface area contributed by atoms with Gasteiger partial charge in [-0.2, -0.15) is 0 Å². The van der Waals surface area contributed by atoms with Crippen molar-refractivity contribution in [3.8, 4) is 0 Å².